The quantitative estimate of drug-likeness (QED) is 0.629. The monoisotopic (exact) mass is 298 g/mol. The fourth-order valence-corrected chi connectivity index (χ4v) is 3.26. The maximum atomic E-state index is 12.9. The van der Waals surface area contributed by atoms with Gasteiger partial charge in [-0.2, -0.15) is 13.2 Å². The van der Waals surface area contributed by atoms with Crippen molar-refractivity contribution in [3.8, 4) is 0 Å². The first-order valence-electron chi connectivity index (χ1n) is 4.83. The molecule has 1 aromatic rings. The molecule has 0 N–H and O–H groups in total. The third-order valence-electron chi connectivity index (χ3n) is 2.31. The second-order valence-electron chi connectivity index (χ2n) is 3.54. The molecule has 0 bridgehead atoms. The van der Waals surface area contributed by atoms with Gasteiger partial charge in [0.1, 0.15) is 0 Å². The Labute approximate surface area is 108 Å². The van der Waals surface area contributed by atoms with E-state index in [0.717, 1.165) is 18.2 Å². The average molecular weight is 299 g/mol. The van der Waals surface area contributed by atoms with Gasteiger partial charge in [-0.3, -0.25) is 0 Å². The molecule has 0 amide bonds. The van der Waals surface area contributed by atoms with Crippen molar-refractivity contribution in [2.75, 3.05) is 0 Å². The third kappa shape index (κ3) is 2.40. The van der Waals surface area contributed by atoms with Gasteiger partial charge >= 0.3 is 6.18 Å². The van der Waals surface area contributed by atoms with Gasteiger partial charge in [0.15, 0.2) is 0 Å². The first-order valence-corrected chi connectivity index (χ1v) is 6.69. The van der Waals surface area contributed by atoms with E-state index in [1.165, 1.54) is 18.2 Å². The molecule has 1 atom stereocenters. The minimum Gasteiger partial charge on any atom is -0.221 e. The number of rotatable bonds is 4. The number of sulfone groups is 1. The van der Waals surface area contributed by atoms with Crippen molar-refractivity contribution < 1.29 is 21.6 Å². The summed E-state index contributed by atoms with van der Waals surface area (Å²) in [7, 11) is -4.75. The van der Waals surface area contributed by atoms with Gasteiger partial charge in [-0.05, 0) is 12.1 Å². The van der Waals surface area contributed by atoms with Crippen molar-refractivity contribution in [2.45, 2.75) is 21.7 Å². The minimum atomic E-state index is -5.10. The largest absolute Gasteiger partial charge is 0.422 e. The average Bonchev–Trinajstić information content (AvgIpc) is 2.28. The Morgan fingerprint density at radius 3 is 2.11 bits per heavy atom. The van der Waals surface area contributed by atoms with Crippen LogP contribution in [0.1, 0.15) is 6.42 Å². The van der Waals surface area contributed by atoms with Crippen LogP contribution in [-0.4, -0.2) is 18.8 Å². The van der Waals surface area contributed by atoms with Crippen LogP contribution in [-0.2, 0) is 9.84 Å². The molecular weight excluding hydrogens is 289 g/mol. The van der Waals surface area contributed by atoms with Gasteiger partial charge in [0.05, 0.1) is 4.90 Å². The summed E-state index contributed by atoms with van der Waals surface area (Å²) in [5, 5.41) is 0. The van der Waals surface area contributed by atoms with Gasteiger partial charge in [0.2, 0.25) is 14.0 Å². The fourth-order valence-electron chi connectivity index (χ4n) is 1.35. The predicted molar refractivity (Wildman–Crippen MR) is 63.1 cm³/mol. The molecule has 0 aliphatic heterocycles. The number of hydrogen-bond donors (Lipinski definition) is 0. The maximum Gasteiger partial charge on any atom is 0.422 e. The molecule has 18 heavy (non-hydrogen) atoms. The molecule has 0 radical (unpaired) electrons. The normalized spacial score (nSPS) is 16.0. The molecule has 7 heteroatoms. The molecule has 0 aromatic heterocycles. The second-order valence-corrected chi connectivity index (χ2v) is 6.58. The molecule has 2 nitrogen and oxygen atoms in total. The first-order chi connectivity index (χ1) is 8.17. The molecule has 0 fully saturated rings. The Morgan fingerprint density at radius 1 is 1.22 bits per heavy atom. The van der Waals surface area contributed by atoms with Gasteiger partial charge in [0.25, 0.3) is 0 Å². The molecular formula is C11H10ClF3O2S. The molecule has 0 heterocycles. The topological polar surface area (TPSA) is 34.1 Å². The predicted octanol–water partition coefficient (Wildman–Crippen LogP) is 3.53. The van der Waals surface area contributed by atoms with E-state index in [0.29, 0.717) is 0 Å². The van der Waals surface area contributed by atoms with Crippen LogP contribution in [0.2, 0.25) is 0 Å². The molecule has 0 aliphatic carbocycles. The summed E-state index contributed by atoms with van der Waals surface area (Å²) in [4.78, 5) is -0.473. The van der Waals surface area contributed by atoms with E-state index in [-0.39, 0.29) is 0 Å². The summed E-state index contributed by atoms with van der Waals surface area (Å²) in [5.74, 6) is 0. The molecule has 0 spiro atoms. The van der Waals surface area contributed by atoms with E-state index in [1.807, 2.05) is 0 Å². The zero-order valence-electron chi connectivity index (χ0n) is 9.11. The molecule has 0 saturated heterocycles. The van der Waals surface area contributed by atoms with Gasteiger partial charge in [-0.1, -0.05) is 35.9 Å². The highest BCUT2D eigenvalue weighted by Gasteiger charge is 2.62. The maximum absolute atomic E-state index is 12.9. The minimum absolute atomic E-state index is 0.473. The summed E-state index contributed by atoms with van der Waals surface area (Å²) in [6, 6.07) is 6.29. The van der Waals surface area contributed by atoms with Gasteiger partial charge < -0.3 is 0 Å². The Kier molecular flexibility index (Phi) is 4.12. The van der Waals surface area contributed by atoms with Crippen LogP contribution in [0.4, 0.5) is 13.2 Å². The van der Waals surface area contributed by atoms with E-state index in [4.69, 9.17) is 11.6 Å². The van der Waals surface area contributed by atoms with Crippen molar-refractivity contribution in [3.05, 3.63) is 43.0 Å². The number of halogens is 4. The zero-order valence-corrected chi connectivity index (χ0v) is 10.7. The van der Waals surface area contributed by atoms with Crippen molar-refractivity contribution in [1.82, 2.24) is 0 Å². The number of benzene rings is 1. The van der Waals surface area contributed by atoms with Crippen LogP contribution in [0.15, 0.2) is 47.9 Å². The van der Waals surface area contributed by atoms with Crippen LogP contribution in [0, 0.1) is 0 Å². The van der Waals surface area contributed by atoms with Gasteiger partial charge in [-0.15, -0.1) is 6.58 Å². The lowest BCUT2D eigenvalue weighted by Gasteiger charge is -2.28. The molecule has 0 aliphatic rings. The fraction of sp³-hybridized carbons (Fsp3) is 0.273. The summed E-state index contributed by atoms with van der Waals surface area (Å²) in [5.41, 5.74) is 0. The summed E-state index contributed by atoms with van der Waals surface area (Å²) < 4.78 is 59.3. The third-order valence-corrected chi connectivity index (χ3v) is 5.43. The Balaban J connectivity index is 3.44. The lowest BCUT2D eigenvalue weighted by Crippen LogP contribution is -2.46. The number of allylic oxidation sites excluding steroid dienone is 1. The summed E-state index contributed by atoms with van der Waals surface area (Å²) in [6.45, 7) is 3.12. The molecule has 100 valence electrons. The first kappa shape index (κ1) is 15.0. The van der Waals surface area contributed by atoms with Crippen LogP contribution < -0.4 is 0 Å². The van der Waals surface area contributed by atoms with E-state index < -0.39 is 31.5 Å². The number of alkyl halides is 4. The van der Waals surface area contributed by atoms with E-state index >= 15 is 0 Å². The SMILES string of the molecule is C=CCC(Cl)(C(F)(F)F)S(=O)(=O)c1ccccc1. The van der Waals surface area contributed by atoms with Crippen molar-refractivity contribution >= 4 is 21.4 Å². The Hall–Kier alpha value is -1.01. The van der Waals surface area contributed by atoms with Crippen molar-refractivity contribution in [2.24, 2.45) is 0 Å². The summed E-state index contributed by atoms with van der Waals surface area (Å²) >= 11 is 5.36. The lowest BCUT2D eigenvalue weighted by molar-refractivity contribution is -0.140. The number of hydrogen-bond acceptors (Lipinski definition) is 2. The molecule has 0 saturated carbocycles. The van der Waals surface area contributed by atoms with Crippen LogP contribution in [0.25, 0.3) is 0 Å². The smallest absolute Gasteiger partial charge is 0.221 e. The van der Waals surface area contributed by atoms with Crippen LogP contribution in [0.5, 0.6) is 0 Å². The van der Waals surface area contributed by atoms with E-state index in [2.05, 4.69) is 6.58 Å². The standard InChI is InChI=1S/C11H10ClF3O2S/c1-2-8-10(12,11(13,14)15)18(16,17)9-6-4-3-5-7-9/h2-7H,1,8H2. The Bertz CT molecular complexity index is 525. The second kappa shape index (κ2) is 4.93. The Morgan fingerprint density at radius 2 is 1.72 bits per heavy atom. The highest BCUT2D eigenvalue weighted by Crippen LogP contribution is 2.46. The molecule has 1 unspecified atom stereocenters. The van der Waals surface area contributed by atoms with Crippen molar-refractivity contribution in [1.29, 1.82) is 0 Å². The zero-order chi connectivity index (χ0) is 14.0. The lowest BCUT2D eigenvalue weighted by atomic mass is 10.3. The van der Waals surface area contributed by atoms with Gasteiger partial charge in [0, 0.05) is 6.42 Å². The van der Waals surface area contributed by atoms with Gasteiger partial charge in [-0.25, -0.2) is 8.42 Å². The van der Waals surface area contributed by atoms with Crippen molar-refractivity contribution in [3.63, 3.8) is 0 Å². The highest BCUT2D eigenvalue weighted by molar-refractivity contribution is 7.94. The molecule has 1 aromatic carbocycles. The molecule has 1 rings (SSSR count). The van der Waals surface area contributed by atoms with Crippen LogP contribution >= 0.6 is 11.6 Å². The van der Waals surface area contributed by atoms with E-state index in [9.17, 15) is 21.6 Å². The highest BCUT2D eigenvalue weighted by atomic mass is 35.5. The van der Waals surface area contributed by atoms with E-state index in [1.54, 1.807) is 0 Å². The summed E-state index contributed by atoms with van der Waals surface area (Å²) in [6.07, 6.45) is -5.19. The van der Waals surface area contributed by atoms with Crippen LogP contribution in [0.3, 0.4) is 0 Å².